The molecule has 2 rings (SSSR count). The van der Waals surface area contributed by atoms with E-state index in [1.165, 1.54) is 5.56 Å². The molecule has 2 aromatic rings. The van der Waals surface area contributed by atoms with Gasteiger partial charge in [0.15, 0.2) is 0 Å². The smallest absolute Gasteiger partial charge is 0.0831 e. The van der Waals surface area contributed by atoms with Gasteiger partial charge >= 0.3 is 0 Å². The maximum absolute atomic E-state index is 10.2. The maximum Gasteiger partial charge on any atom is 0.0831 e. The Morgan fingerprint density at radius 2 is 2.00 bits per heavy atom. The van der Waals surface area contributed by atoms with Gasteiger partial charge in [0.1, 0.15) is 0 Å². The quantitative estimate of drug-likeness (QED) is 0.868. The average molecular weight is 326 g/mol. The van der Waals surface area contributed by atoms with E-state index in [2.05, 4.69) is 22.0 Å². The van der Waals surface area contributed by atoms with E-state index in [0.29, 0.717) is 11.4 Å². The van der Waals surface area contributed by atoms with Crippen molar-refractivity contribution >= 4 is 27.5 Å². The van der Waals surface area contributed by atoms with Crippen LogP contribution < -0.4 is 0 Å². The molecule has 0 fully saturated rings. The maximum atomic E-state index is 10.2. The normalized spacial score (nSPS) is 12.4. The van der Waals surface area contributed by atoms with Crippen LogP contribution in [-0.2, 0) is 6.42 Å². The van der Waals surface area contributed by atoms with E-state index in [4.69, 9.17) is 11.6 Å². The van der Waals surface area contributed by atoms with Crippen LogP contribution in [0.25, 0.3) is 0 Å². The van der Waals surface area contributed by atoms with Crippen LogP contribution in [0.4, 0.5) is 0 Å². The van der Waals surface area contributed by atoms with E-state index in [0.717, 1.165) is 15.6 Å². The van der Waals surface area contributed by atoms with Crippen LogP contribution in [0, 0.1) is 6.92 Å². The van der Waals surface area contributed by atoms with Gasteiger partial charge in [-0.2, -0.15) is 0 Å². The predicted molar refractivity (Wildman–Crippen MR) is 79.0 cm³/mol. The van der Waals surface area contributed by atoms with Crippen LogP contribution in [-0.4, -0.2) is 5.11 Å². The zero-order valence-electron chi connectivity index (χ0n) is 10.0. The Morgan fingerprint density at radius 3 is 2.67 bits per heavy atom. The van der Waals surface area contributed by atoms with Gasteiger partial charge in [0.25, 0.3) is 0 Å². The topological polar surface area (TPSA) is 20.2 Å². The molecule has 1 nitrogen and oxygen atoms in total. The Balaban J connectivity index is 2.19. The minimum Gasteiger partial charge on any atom is -0.388 e. The van der Waals surface area contributed by atoms with Crippen LogP contribution in [0.3, 0.4) is 0 Å². The van der Waals surface area contributed by atoms with Crippen LogP contribution >= 0.6 is 27.5 Å². The average Bonchev–Trinajstić information content (AvgIpc) is 2.27. The second-order valence-corrected chi connectivity index (χ2v) is 5.76. The van der Waals surface area contributed by atoms with Gasteiger partial charge in [0.2, 0.25) is 0 Å². The van der Waals surface area contributed by atoms with Crippen molar-refractivity contribution < 1.29 is 5.11 Å². The molecule has 94 valence electrons. The fourth-order valence-electron chi connectivity index (χ4n) is 1.95. The summed E-state index contributed by atoms with van der Waals surface area (Å²) in [6, 6.07) is 13.7. The zero-order chi connectivity index (χ0) is 13.1. The first-order valence-corrected chi connectivity index (χ1v) is 6.91. The molecule has 0 spiro atoms. The summed E-state index contributed by atoms with van der Waals surface area (Å²) in [4.78, 5) is 0. The molecule has 0 aliphatic carbocycles. The molecule has 2 aromatic carbocycles. The minimum absolute atomic E-state index is 0.540. The number of benzene rings is 2. The van der Waals surface area contributed by atoms with Crippen molar-refractivity contribution in [2.24, 2.45) is 0 Å². The highest BCUT2D eigenvalue weighted by Gasteiger charge is 2.10. The van der Waals surface area contributed by atoms with E-state index in [1.807, 2.05) is 37.3 Å². The van der Waals surface area contributed by atoms with Crippen molar-refractivity contribution in [2.45, 2.75) is 19.4 Å². The fraction of sp³-hybridized carbons (Fsp3) is 0.200. The number of hydrogen-bond donors (Lipinski definition) is 1. The van der Waals surface area contributed by atoms with Gasteiger partial charge in [-0.1, -0.05) is 57.4 Å². The molecule has 0 heterocycles. The molecule has 0 aromatic heterocycles. The number of aliphatic hydroxyl groups excluding tert-OH is 1. The second-order valence-electron chi connectivity index (χ2n) is 4.41. The molecule has 0 saturated heterocycles. The second kappa shape index (κ2) is 5.87. The highest BCUT2D eigenvalue weighted by Crippen LogP contribution is 2.26. The number of hydrogen-bond acceptors (Lipinski definition) is 1. The van der Waals surface area contributed by atoms with Crippen molar-refractivity contribution in [1.82, 2.24) is 0 Å². The molecule has 0 aliphatic heterocycles. The SMILES string of the molecule is Cc1cccc(CC(O)c2cc(Cl)cc(Br)c2)c1. The summed E-state index contributed by atoms with van der Waals surface area (Å²) < 4.78 is 0.883. The molecular weight excluding hydrogens is 312 g/mol. The van der Waals surface area contributed by atoms with Gasteiger partial charge in [-0.3, -0.25) is 0 Å². The van der Waals surface area contributed by atoms with Gasteiger partial charge in [0.05, 0.1) is 6.10 Å². The number of rotatable bonds is 3. The van der Waals surface area contributed by atoms with Crippen molar-refractivity contribution in [3.05, 3.63) is 68.7 Å². The molecule has 0 saturated carbocycles. The van der Waals surface area contributed by atoms with Crippen LogP contribution in [0.1, 0.15) is 22.8 Å². The van der Waals surface area contributed by atoms with Gasteiger partial charge in [-0.05, 0) is 36.2 Å². The highest BCUT2D eigenvalue weighted by molar-refractivity contribution is 9.10. The first kappa shape index (κ1) is 13.6. The predicted octanol–water partition coefficient (Wildman–Crippen LogP) is 4.69. The third kappa shape index (κ3) is 3.58. The van der Waals surface area contributed by atoms with E-state index < -0.39 is 6.10 Å². The number of aliphatic hydroxyl groups is 1. The number of aryl methyl sites for hydroxylation is 1. The lowest BCUT2D eigenvalue weighted by atomic mass is 10.0. The van der Waals surface area contributed by atoms with Crippen LogP contribution in [0.5, 0.6) is 0 Å². The molecule has 1 atom stereocenters. The minimum atomic E-state index is -0.540. The van der Waals surface area contributed by atoms with Gasteiger partial charge in [-0.25, -0.2) is 0 Å². The van der Waals surface area contributed by atoms with E-state index in [9.17, 15) is 5.11 Å². The lowest BCUT2D eigenvalue weighted by Crippen LogP contribution is -2.02. The van der Waals surface area contributed by atoms with Crippen molar-refractivity contribution in [2.75, 3.05) is 0 Å². The Hall–Kier alpha value is -0.830. The van der Waals surface area contributed by atoms with Crippen LogP contribution in [0.2, 0.25) is 5.02 Å². The Kier molecular flexibility index (Phi) is 4.44. The van der Waals surface area contributed by atoms with Crippen LogP contribution in [0.15, 0.2) is 46.9 Å². The molecular formula is C15H14BrClO. The van der Waals surface area contributed by atoms with Gasteiger partial charge in [-0.15, -0.1) is 0 Å². The standard InChI is InChI=1S/C15H14BrClO/c1-10-3-2-4-11(5-10)6-15(18)12-7-13(16)9-14(17)8-12/h2-5,7-9,15,18H,6H2,1H3. The Morgan fingerprint density at radius 1 is 1.22 bits per heavy atom. The molecule has 0 amide bonds. The van der Waals surface area contributed by atoms with Crippen molar-refractivity contribution in [1.29, 1.82) is 0 Å². The summed E-state index contributed by atoms with van der Waals surface area (Å²) in [5.74, 6) is 0. The summed E-state index contributed by atoms with van der Waals surface area (Å²) in [6.07, 6.45) is 0.0517. The lowest BCUT2D eigenvalue weighted by Gasteiger charge is -2.12. The summed E-state index contributed by atoms with van der Waals surface area (Å²) in [7, 11) is 0. The highest BCUT2D eigenvalue weighted by atomic mass is 79.9. The lowest BCUT2D eigenvalue weighted by molar-refractivity contribution is 0.178. The Labute approximate surface area is 121 Å². The largest absolute Gasteiger partial charge is 0.388 e. The Bertz CT molecular complexity index is 534. The molecule has 1 unspecified atom stereocenters. The molecule has 18 heavy (non-hydrogen) atoms. The summed E-state index contributed by atoms with van der Waals surface area (Å²) in [5.41, 5.74) is 3.15. The van der Waals surface area contributed by atoms with Crippen molar-refractivity contribution in [3.8, 4) is 0 Å². The molecule has 0 aliphatic rings. The summed E-state index contributed by atoms with van der Waals surface area (Å²) in [5, 5.41) is 10.9. The fourth-order valence-corrected chi connectivity index (χ4v) is 2.83. The van der Waals surface area contributed by atoms with E-state index in [1.54, 1.807) is 6.07 Å². The zero-order valence-corrected chi connectivity index (χ0v) is 12.4. The third-order valence-corrected chi connectivity index (χ3v) is 3.46. The summed E-state index contributed by atoms with van der Waals surface area (Å²) >= 11 is 9.36. The van der Waals surface area contributed by atoms with E-state index in [-0.39, 0.29) is 0 Å². The van der Waals surface area contributed by atoms with E-state index >= 15 is 0 Å². The molecule has 0 radical (unpaired) electrons. The number of halogens is 2. The monoisotopic (exact) mass is 324 g/mol. The molecule has 0 bridgehead atoms. The first-order chi connectivity index (χ1) is 8.54. The summed E-state index contributed by atoms with van der Waals surface area (Å²) in [6.45, 7) is 2.05. The molecule has 1 N–H and O–H groups in total. The third-order valence-electron chi connectivity index (χ3n) is 2.78. The molecule has 3 heteroatoms. The van der Waals surface area contributed by atoms with Gasteiger partial charge in [0, 0.05) is 15.9 Å². The first-order valence-electron chi connectivity index (χ1n) is 5.74. The van der Waals surface area contributed by atoms with Gasteiger partial charge < -0.3 is 5.11 Å². The van der Waals surface area contributed by atoms with Crippen molar-refractivity contribution in [3.63, 3.8) is 0 Å².